The molecule has 0 amide bonds. The lowest BCUT2D eigenvalue weighted by molar-refractivity contribution is 0.0410. The van der Waals surface area contributed by atoms with E-state index in [1.54, 1.807) is 0 Å². The zero-order valence-corrected chi connectivity index (χ0v) is 9.70. The van der Waals surface area contributed by atoms with Gasteiger partial charge in [-0.1, -0.05) is 27.7 Å². The molecule has 0 aromatic carbocycles. The molecule has 0 unspecified atom stereocenters. The Morgan fingerprint density at radius 1 is 1.38 bits per heavy atom. The van der Waals surface area contributed by atoms with Crippen LogP contribution in [0.4, 0.5) is 0 Å². The molecule has 76 valence electrons. The molecule has 0 aromatic heterocycles. The molecular weight excluding hydrogens is 202 g/mol. The fraction of sp³-hybridized carbons (Fsp3) is 0.778. The molecular formula is C9H17NOS2. The SMILES string of the molecule is CC=CSSCCN1CCOCC1. The van der Waals surface area contributed by atoms with E-state index in [4.69, 9.17) is 4.74 Å². The summed E-state index contributed by atoms with van der Waals surface area (Å²) in [6.45, 7) is 7.27. The van der Waals surface area contributed by atoms with E-state index in [1.807, 2.05) is 21.6 Å². The zero-order valence-electron chi connectivity index (χ0n) is 8.07. The smallest absolute Gasteiger partial charge is 0.0594 e. The summed E-state index contributed by atoms with van der Waals surface area (Å²) < 4.78 is 5.28. The largest absolute Gasteiger partial charge is 0.379 e. The van der Waals surface area contributed by atoms with E-state index >= 15 is 0 Å². The quantitative estimate of drug-likeness (QED) is 0.519. The lowest BCUT2D eigenvalue weighted by Crippen LogP contribution is -2.37. The molecule has 2 nitrogen and oxygen atoms in total. The third-order valence-electron chi connectivity index (χ3n) is 1.85. The predicted octanol–water partition coefficient (Wildman–Crippen LogP) is 2.23. The van der Waals surface area contributed by atoms with Crippen LogP contribution in [0.15, 0.2) is 11.5 Å². The second-order valence-electron chi connectivity index (χ2n) is 2.84. The summed E-state index contributed by atoms with van der Waals surface area (Å²) in [6, 6.07) is 0. The highest BCUT2D eigenvalue weighted by Crippen LogP contribution is 2.21. The van der Waals surface area contributed by atoms with Crippen LogP contribution < -0.4 is 0 Å². The van der Waals surface area contributed by atoms with Gasteiger partial charge in [0.2, 0.25) is 0 Å². The molecule has 4 heteroatoms. The topological polar surface area (TPSA) is 12.5 Å². The highest BCUT2D eigenvalue weighted by Gasteiger charge is 2.08. The molecule has 1 rings (SSSR count). The number of hydrogen-bond acceptors (Lipinski definition) is 4. The number of allylic oxidation sites excluding steroid dienone is 1. The first-order valence-corrected chi connectivity index (χ1v) is 7.01. The molecule has 0 aromatic rings. The lowest BCUT2D eigenvalue weighted by Gasteiger charge is -2.25. The van der Waals surface area contributed by atoms with Crippen molar-refractivity contribution in [2.24, 2.45) is 0 Å². The summed E-state index contributed by atoms with van der Waals surface area (Å²) in [7, 11) is 3.74. The van der Waals surface area contributed by atoms with Crippen LogP contribution in [0.3, 0.4) is 0 Å². The van der Waals surface area contributed by atoms with Crippen LogP contribution in [0.5, 0.6) is 0 Å². The first kappa shape index (κ1) is 11.4. The van der Waals surface area contributed by atoms with Crippen molar-refractivity contribution >= 4 is 21.6 Å². The maximum atomic E-state index is 5.28. The van der Waals surface area contributed by atoms with E-state index < -0.39 is 0 Å². The second-order valence-corrected chi connectivity index (χ2v) is 5.23. The molecule has 0 N–H and O–H groups in total. The maximum Gasteiger partial charge on any atom is 0.0594 e. The maximum absolute atomic E-state index is 5.28. The summed E-state index contributed by atoms with van der Waals surface area (Å²) in [5.74, 6) is 1.20. The minimum absolute atomic E-state index is 0.909. The van der Waals surface area contributed by atoms with Gasteiger partial charge in [0.1, 0.15) is 0 Å². The molecule has 1 aliphatic rings. The Labute approximate surface area is 88.5 Å². The molecule has 0 saturated carbocycles. The van der Waals surface area contributed by atoms with Crippen molar-refractivity contribution in [3.05, 3.63) is 11.5 Å². The Morgan fingerprint density at radius 3 is 2.85 bits per heavy atom. The van der Waals surface area contributed by atoms with Crippen molar-refractivity contribution in [1.82, 2.24) is 4.90 Å². The molecule has 0 radical (unpaired) electrons. The van der Waals surface area contributed by atoms with Crippen molar-refractivity contribution in [3.63, 3.8) is 0 Å². The molecule has 1 aliphatic heterocycles. The average molecular weight is 219 g/mol. The fourth-order valence-corrected chi connectivity index (χ4v) is 2.83. The summed E-state index contributed by atoms with van der Waals surface area (Å²) in [6.07, 6.45) is 2.08. The number of ether oxygens (including phenoxy) is 1. The lowest BCUT2D eigenvalue weighted by atomic mass is 10.4. The van der Waals surface area contributed by atoms with Gasteiger partial charge in [0.25, 0.3) is 0 Å². The minimum Gasteiger partial charge on any atom is -0.379 e. The van der Waals surface area contributed by atoms with Crippen molar-refractivity contribution in [3.8, 4) is 0 Å². The molecule has 13 heavy (non-hydrogen) atoms. The van der Waals surface area contributed by atoms with Crippen LogP contribution in [0, 0.1) is 0 Å². The normalized spacial score (nSPS) is 19.8. The molecule has 1 heterocycles. The van der Waals surface area contributed by atoms with Crippen LogP contribution >= 0.6 is 21.6 Å². The first-order valence-electron chi connectivity index (χ1n) is 4.63. The molecule has 0 atom stereocenters. The van der Waals surface area contributed by atoms with Gasteiger partial charge in [-0.15, -0.1) is 0 Å². The molecule has 1 fully saturated rings. The van der Waals surface area contributed by atoms with Crippen molar-refractivity contribution in [2.45, 2.75) is 6.92 Å². The highest BCUT2D eigenvalue weighted by molar-refractivity contribution is 8.77. The Morgan fingerprint density at radius 2 is 2.15 bits per heavy atom. The van der Waals surface area contributed by atoms with E-state index in [-0.39, 0.29) is 0 Å². The number of rotatable bonds is 5. The standard InChI is InChI=1S/C9H17NOS2/c1-2-8-12-13-9-5-10-3-6-11-7-4-10/h2,8H,3-7,9H2,1H3. The number of nitrogens with zero attached hydrogens (tertiary/aromatic N) is 1. The van der Waals surface area contributed by atoms with Gasteiger partial charge < -0.3 is 4.74 Å². The van der Waals surface area contributed by atoms with Gasteiger partial charge in [-0.3, -0.25) is 4.90 Å². The monoisotopic (exact) mass is 219 g/mol. The van der Waals surface area contributed by atoms with E-state index in [9.17, 15) is 0 Å². The van der Waals surface area contributed by atoms with E-state index in [2.05, 4.69) is 23.3 Å². The van der Waals surface area contributed by atoms with Gasteiger partial charge in [-0.25, -0.2) is 0 Å². The number of morpholine rings is 1. The Kier molecular flexibility index (Phi) is 6.80. The van der Waals surface area contributed by atoms with Gasteiger partial charge in [-0.05, 0) is 12.3 Å². The predicted molar refractivity (Wildman–Crippen MR) is 62.1 cm³/mol. The summed E-state index contributed by atoms with van der Waals surface area (Å²) in [5, 5.41) is 2.13. The van der Waals surface area contributed by atoms with Crippen LogP contribution in [0.1, 0.15) is 6.92 Å². The van der Waals surface area contributed by atoms with E-state index in [0.717, 1.165) is 26.3 Å². The third-order valence-corrected chi connectivity index (χ3v) is 3.96. The summed E-state index contributed by atoms with van der Waals surface area (Å²) >= 11 is 0. The minimum atomic E-state index is 0.909. The highest BCUT2D eigenvalue weighted by atomic mass is 33.1. The third kappa shape index (κ3) is 5.62. The summed E-state index contributed by atoms with van der Waals surface area (Å²) in [5.41, 5.74) is 0. The summed E-state index contributed by atoms with van der Waals surface area (Å²) in [4.78, 5) is 2.46. The van der Waals surface area contributed by atoms with E-state index in [0.29, 0.717) is 0 Å². The molecule has 0 spiro atoms. The van der Waals surface area contributed by atoms with Crippen molar-refractivity contribution in [2.75, 3.05) is 38.6 Å². The Bertz CT molecular complexity index is 147. The molecule has 1 saturated heterocycles. The average Bonchev–Trinajstić information content (AvgIpc) is 2.19. The van der Waals surface area contributed by atoms with Crippen LogP contribution in [-0.2, 0) is 4.74 Å². The Balaban J connectivity index is 1.92. The van der Waals surface area contributed by atoms with Gasteiger partial charge in [-0.2, -0.15) is 0 Å². The van der Waals surface area contributed by atoms with Gasteiger partial charge in [0.15, 0.2) is 0 Å². The van der Waals surface area contributed by atoms with E-state index in [1.165, 1.54) is 12.3 Å². The van der Waals surface area contributed by atoms with Gasteiger partial charge >= 0.3 is 0 Å². The van der Waals surface area contributed by atoms with Gasteiger partial charge in [0, 0.05) is 25.4 Å². The van der Waals surface area contributed by atoms with Crippen molar-refractivity contribution in [1.29, 1.82) is 0 Å². The number of hydrogen-bond donors (Lipinski definition) is 0. The Hall–Kier alpha value is 0.360. The van der Waals surface area contributed by atoms with Crippen LogP contribution in [0.25, 0.3) is 0 Å². The second kappa shape index (κ2) is 7.74. The fourth-order valence-electron chi connectivity index (χ4n) is 1.13. The molecule has 0 bridgehead atoms. The zero-order chi connectivity index (χ0) is 9.36. The van der Waals surface area contributed by atoms with Crippen LogP contribution in [0.2, 0.25) is 0 Å². The molecule has 0 aliphatic carbocycles. The first-order chi connectivity index (χ1) is 6.43. The van der Waals surface area contributed by atoms with Crippen molar-refractivity contribution < 1.29 is 4.74 Å². The van der Waals surface area contributed by atoms with Gasteiger partial charge in [0.05, 0.1) is 13.2 Å². The van der Waals surface area contributed by atoms with Crippen LogP contribution in [-0.4, -0.2) is 43.5 Å².